The number of rotatable bonds is 3. The first-order valence-corrected chi connectivity index (χ1v) is 6.00. The number of nitrogens with two attached hydrogens (primary N) is 1. The fraction of sp³-hybridized carbons (Fsp3) is 0.385. The van der Waals surface area contributed by atoms with Crippen molar-refractivity contribution in [1.82, 2.24) is 10.1 Å². The van der Waals surface area contributed by atoms with Gasteiger partial charge in [-0.3, -0.25) is 0 Å². The maximum absolute atomic E-state index is 5.61. The molecule has 0 spiro atoms. The van der Waals surface area contributed by atoms with Gasteiger partial charge in [-0.2, -0.15) is 4.98 Å². The predicted octanol–water partition coefficient (Wildman–Crippen LogP) is 2.46. The van der Waals surface area contributed by atoms with E-state index in [9.17, 15) is 0 Å². The van der Waals surface area contributed by atoms with Gasteiger partial charge in [-0.25, -0.2) is 0 Å². The lowest BCUT2D eigenvalue weighted by atomic mass is 9.85. The van der Waals surface area contributed by atoms with Crippen molar-refractivity contribution < 1.29 is 4.52 Å². The summed E-state index contributed by atoms with van der Waals surface area (Å²) in [4.78, 5) is 4.46. The van der Waals surface area contributed by atoms with Crippen LogP contribution in [0.25, 0.3) is 11.5 Å². The van der Waals surface area contributed by atoms with Crippen LogP contribution in [0, 0.1) is 0 Å². The topological polar surface area (TPSA) is 64.9 Å². The van der Waals surface area contributed by atoms with E-state index in [0.717, 1.165) is 17.0 Å². The molecule has 4 nitrogen and oxygen atoms in total. The Morgan fingerprint density at radius 2 is 2.24 bits per heavy atom. The zero-order valence-corrected chi connectivity index (χ0v) is 9.60. The molecular formula is C13H15N3O. The smallest absolute Gasteiger partial charge is 0.257 e. The Labute approximate surface area is 99.8 Å². The first-order valence-electron chi connectivity index (χ1n) is 6.00. The summed E-state index contributed by atoms with van der Waals surface area (Å²) in [7, 11) is 0. The standard InChI is InChI=1S/C13H15N3O/c14-8-9-3-1-6-11(7-9)13-15-12(16-17-13)10-4-2-5-10/h1,3,6-7,10H,2,4-5,8,14H2. The highest BCUT2D eigenvalue weighted by molar-refractivity contribution is 5.54. The minimum Gasteiger partial charge on any atom is -0.334 e. The Bertz CT molecular complexity index is 517. The molecule has 1 aromatic heterocycles. The fourth-order valence-electron chi connectivity index (χ4n) is 2.02. The number of nitrogens with zero attached hydrogens (tertiary/aromatic N) is 2. The van der Waals surface area contributed by atoms with Gasteiger partial charge in [0.15, 0.2) is 5.82 Å². The Morgan fingerprint density at radius 3 is 2.94 bits per heavy atom. The molecule has 0 radical (unpaired) electrons. The fourth-order valence-corrected chi connectivity index (χ4v) is 2.02. The van der Waals surface area contributed by atoms with Gasteiger partial charge in [0, 0.05) is 18.0 Å². The van der Waals surface area contributed by atoms with Crippen molar-refractivity contribution in [3.8, 4) is 11.5 Å². The molecule has 0 bridgehead atoms. The summed E-state index contributed by atoms with van der Waals surface area (Å²) in [5.41, 5.74) is 7.64. The van der Waals surface area contributed by atoms with E-state index >= 15 is 0 Å². The minimum absolute atomic E-state index is 0.505. The van der Waals surface area contributed by atoms with Crippen molar-refractivity contribution in [2.24, 2.45) is 5.73 Å². The number of benzene rings is 1. The Balaban J connectivity index is 1.89. The van der Waals surface area contributed by atoms with E-state index in [1.54, 1.807) is 0 Å². The van der Waals surface area contributed by atoms with Crippen LogP contribution in [-0.4, -0.2) is 10.1 Å². The summed E-state index contributed by atoms with van der Waals surface area (Å²) < 4.78 is 5.31. The van der Waals surface area contributed by atoms with Crippen LogP contribution in [0.1, 0.15) is 36.6 Å². The van der Waals surface area contributed by atoms with Crippen LogP contribution in [0.5, 0.6) is 0 Å². The monoisotopic (exact) mass is 229 g/mol. The third kappa shape index (κ3) is 1.96. The average molecular weight is 229 g/mol. The second-order valence-electron chi connectivity index (χ2n) is 4.49. The summed E-state index contributed by atoms with van der Waals surface area (Å²) in [5.74, 6) is 1.96. The van der Waals surface area contributed by atoms with Crippen molar-refractivity contribution in [2.45, 2.75) is 31.7 Å². The highest BCUT2D eigenvalue weighted by Gasteiger charge is 2.24. The highest BCUT2D eigenvalue weighted by atomic mass is 16.5. The summed E-state index contributed by atoms with van der Waals surface area (Å²) in [6, 6.07) is 7.92. The quantitative estimate of drug-likeness (QED) is 0.878. The molecule has 1 aliphatic rings. The molecule has 0 saturated heterocycles. The van der Waals surface area contributed by atoms with Crippen molar-refractivity contribution in [1.29, 1.82) is 0 Å². The van der Waals surface area contributed by atoms with E-state index < -0.39 is 0 Å². The Kier molecular flexibility index (Phi) is 2.65. The van der Waals surface area contributed by atoms with Gasteiger partial charge in [0.25, 0.3) is 5.89 Å². The van der Waals surface area contributed by atoms with Crippen LogP contribution in [-0.2, 0) is 6.54 Å². The third-order valence-corrected chi connectivity index (χ3v) is 3.32. The minimum atomic E-state index is 0.505. The van der Waals surface area contributed by atoms with Crippen LogP contribution in [0.4, 0.5) is 0 Å². The molecule has 0 unspecified atom stereocenters. The summed E-state index contributed by atoms with van der Waals surface area (Å²) >= 11 is 0. The van der Waals surface area contributed by atoms with Crippen LogP contribution in [0.3, 0.4) is 0 Å². The molecule has 1 aliphatic carbocycles. The SMILES string of the molecule is NCc1cccc(-c2nc(C3CCC3)no2)c1. The Hall–Kier alpha value is -1.68. The van der Waals surface area contributed by atoms with Crippen molar-refractivity contribution in [2.75, 3.05) is 0 Å². The van der Waals surface area contributed by atoms with Gasteiger partial charge < -0.3 is 10.3 Å². The van der Waals surface area contributed by atoms with Gasteiger partial charge in [-0.05, 0) is 30.5 Å². The van der Waals surface area contributed by atoms with E-state index in [1.807, 2.05) is 24.3 Å². The number of hydrogen-bond donors (Lipinski definition) is 1. The van der Waals surface area contributed by atoms with Gasteiger partial charge in [-0.1, -0.05) is 23.7 Å². The number of aromatic nitrogens is 2. The van der Waals surface area contributed by atoms with Crippen LogP contribution >= 0.6 is 0 Å². The van der Waals surface area contributed by atoms with Gasteiger partial charge in [-0.15, -0.1) is 0 Å². The van der Waals surface area contributed by atoms with Crippen LogP contribution in [0.2, 0.25) is 0 Å². The Morgan fingerprint density at radius 1 is 1.35 bits per heavy atom. The third-order valence-electron chi connectivity index (χ3n) is 3.32. The van der Waals surface area contributed by atoms with Crippen molar-refractivity contribution >= 4 is 0 Å². The van der Waals surface area contributed by atoms with E-state index in [1.165, 1.54) is 19.3 Å². The molecule has 3 rings (SSSR count). The normalized spacial score (nSPS) is 15.8. The van der Waals surface area contributed by atoms with E-state index in [2.05, 4.69) is 10.1 Å². The highest BCUT2D eigenvalue weighted by Crippen LogP contribution is 2.35. The number of hydrogen-bond acceptors (Lipinski definition) is 4. The van der Waals surface area contributed by atoms with Gasteiger partial charge in [0.05, 0.1) is 0 Å². The lowest BCUT2D eigenvalue weighted by Gasteiger charge is -2.20. The zero-order valence-electron chi connectivity index (χ0n) is 9.60. The van der Waals surface area contributed by atoms with E-state index in [-0.39, 0.29) is 0 Å². The average Bonchev–Trinajstić information content (AvgIpc) is 2.76. The second-order valence-corrected chi connectivity index (χ2v) is 4.49. The molecule has 4 heteroatoms. The zero-order chi connectivity index (χ0) is 11.7. The molecule has 1 heterocycles. The first-order chi connectivity index (χ1) is 8.36. The summed E-state index contributed by atoms with van der Waals surface area (Å²) in [5, 5.41) is 4.05. The summed E-state index contributed by atoms with van der Waals surface area (Å²) in [6.45, 7) is 0.525. The largest absolute Gasteiger partial charge is 0.334 e. The lowest BCUT2D eigenvalue weighted by molar-refractivity contribution is 0.366. The molecule has 0 aliphatic heterocycles. The van der Waals surface area contributed by atoms with Gasteiger partial charge in [0.2, 0.25) is 0 Å². The van der Waals surface area contributed by atoms with Gasteiger partial charge in [0.1, 0.15) is 0 Å². The maximum atomic E-state index is 5.61. The molecule has 0 amide bonds. The summed E-state index contributed by atoms with van der Waals surface area (Å²) in [6.07, 6.45) is 3.64. The maximum Gasteiger partial charge on any atom is 0.257 e. The lowest BCUT2D eigenvalue weighted by Crippen LogP contribution is -2.10. The molecule has 2 N–H and O–H groups in total. The van der Waals surface area contributed by atoms with Crippen LogP contribution in [0.15, 0.2) is 28.8 Å². The van der Waals surface area contributed by atoms with E-state index in [0.29, 0.717) is 18.4 Å². The van der Waals surface area contributed by atoms with Gasteiger partial charge >= 0.3 is 0 Å². The molecule has 1 fully saturated rings. The molecule has 88 valence electrons. The second kappa shape index (κ2) is 4.30. The van der Waals surface area contributed by atoms with E-state index in [4.69, 9.17) is 10.3 Å². The van der Waals surface area contributed by atoms with Crippen molar-refractivity contribution in [3.63, 3.8) is 0 Å². The molecular weight excluding hydrogens is 214 g/mol. The molecule has 1 saturated carbocycles. The van der Waals surface area contributed by atoms with Crippen molar-refractivity contribution in [3.05, 3.63) is 35.7 Å². The molecule has 0 atom stereocenters. The first kappa shape index (κ1) is 10.5. The molecule has 1 aromatic carbocycles. The molecule has 17 heavy (non-hydrogen) atoms. The van der Waals surface area contributed by atoms with Crippen LogP contribution < -0.4 is 5.73 Å². The molecule has 2 aromatic rings. The predicted molar refractivity (Wildman–Crippen MR) is 64.2 cm³/mol.